The monoisotopic (exact) mass is 222 g/mol. The molecule has 4 heteroatoms. The lowest BCUT2D eigenvalue weighted by atomic mass is 10.2. The van der Waals surface area contributed by atoms with E-state index in [1.807, 2.05) is 36.4 Å². The summed E-state index contributed by atoms with van der Waals surface area (Å²) in [6, 6.07) is 13.7. The van der Waals surface area contributed by atoms with Crippen molar-refractivity contribution in [1.82, 2.24) is 15.0 Å². The molecule has 0 fully saturated rings. The fraction of sp³-hybridized carbons (Fsp3) is 0. The molecule has 0 spiro atoms. The van der Waals surface area contributed by atoms with Gasteiger partial charge in [-0.1, -0.05) is 24.3 Å². The molecule has 0 saturated carbocycles. The van der Waals surface area contributed by atoms with E-state index in [4.69, 9.17) is 5.73 Å². The molecule has 1 aromatic carbocycles. The highest BCUT2D eigenvalue weighted by Crippen LogP contribution is 2.19. The summed E-state index contributed by atoms with van der Waals surface area (Å²) >= 11 is 0. The normalized spacial score (nSPS) is 10.6. The minimum atomic E-state index is 0.262. The Balaban J connectivity index is 2.18. The van der Waals surface area contributed by atoms with E-state index >= 15 is 0 Å². The van der Waals surface area contributed by atoms with E-state index < -0.39 is 0 Å². The van der Waals surface area contributed by atoms with Crippen LogP contribution in [0.4, 0.5) is 5.95 Å². The second-order valence-corrected chi connectivity index (χ2v) is 3.69. The number of anilines is 1. The molecule has 0 saturated heterocycles. The molecule has 17 heavy (non-hydrogen) atoms. The predicted molar refractivity (Wildman–Crippen MR) is 67.2 cm³/mol. The number of pyridine rings is 1. The fourth-order valence-electron chi connectivity index (χ4n) is 1.73. The van der Waals surface area contributed by atoms with E-state index in [9.17, 15) is 0 Å². The number of para-hydroxylation sites is 1. The van der Waals surface area contributed by atoms with E-state index in [2.05, 4.69) is 15.0 Å². The maximum atomic E-state index is 5.56. The van der Waals surface area contributed by atoms with Gasteiger partial charge in [0, 0.05) is 11.6 Å². The van der Waals surface area contributed by atoms with Crippen LogP contribution in [0, 0.1) is 0 Å². The van der Waals surface area contributed by atoms with Crippen LogP contribution in [0.15, 0.2) is 48.7 Å². The summed E-state index contributed by atoms with van der Waals surface area (Å²) in [5.74, 6) is 0.262. The van der Waals surface area contributed by atoms with Crippen LogP contribution in [0.1, 0.15) is 0 Å². The van der Waals surface area contributed by atoms with Crippen LogP contribution in [0.3, 0.4) is 0 Å². The SMILES string of the molecule is Nc1nccc(-c2ccc3ccccc3n2)n1. The van der Waals surface area contributed by atoms with Crippen molar-refractivity contribution in [1.29, 1.82) is 0 Å². The Labute approximate surface area is 98.2 Å². The van der Waals surface area contributed by atoms with Crippen molar-refractivity contribution in [3.63, 3.8) is 0 Å². The molecule has 2 aromatic heterocycles. The van der Waals surface area contributed by atoms with E-state index in [1.54, 1.807) is 12.3 Å². The average Bonchev–Trinajstić information content (AvgIpc) is 2.38. The molecule has 0 bridgehead atoms. The molecule has 0 aliphatic rings. The summed E-state index contributed by atoms with van der Waals surface area (Å²) in [6.45, 7) is 0. The molecule has 0 unspecified atom stereocenters. The molecule has 0 aliphatic heterocycles. The number of nitrogen functional groups attached to an aromatic ring is 1. The van der Waals surface area contributed by atoms with Crippen LogP contribution in [-0.4, -0.2) is 15.0 Å². The minimum Gasteiger partial charge on any atom is -0.368 e. The molecule has 4 nitrogen and oxygen atoms in total. The molecule has 2 N–H and O–H groups in total. The number of rotatable bonds is 1. The van der Waals surface area contributed by atoms with Crippen LogP contribution in [0.25, 0.3) is 22.3 Å². The zero-order chi connectivity index (χ0) is 11.7. The van der Waals surface area contributed by atoms with E-state index in [0.717, 1.165) is 22.3 Å². The number of nitrogens with zero attached hydrogens (tertiary/aromatic N) is 3. The molecule has 0 atom stereocenters. The number of nitrogens with two attached hydrogens (primary N) is 1. The van der Waals surface area contributed by atoms with Crippen molar-refractivity contribution in [2.24, 2.45) is 0 Å². The molecule has 82 valence electrons. The van der Waals surface area contributed by atoms with Gasteiger partial charge in [-0.15, -0.1) is 0 Å². The number of hydrogen-bond donors (Lipinski definition) is 1. The van der Waals surface area contributed by atoms with Gasteiger partial charge in [-0.25, -0.2) is 15.0 Å². The molecular formula is C13H10N4. The van der Waals surface area contributed by atoms with E-state index in [0.29, 0.717) is 0 Å². The van der Waals surface area contributed by atoms with Crippen molar-refractivity contribution in [2.75, 3.05) is 5.73 Å². The van der Waals surface area contributed by atoms with E-state index in [1.165, 1.54) is 0 Å². The van der Waals surface area contributed by atoms with Gasteiger partial charge in [-0.3, -0.25) is 0 Å². The zero-order valence-electron chi connectivity index (χ0n) is 9.04. The van der Waals surface area contributed by atoms with Crippen LogP contribution >= 0.6 is 0 Å². The topological polar surface area (TPSA) is 64.7 Å². The third-order valence-corrected chi connectivity index (χ3v) is 2.54. The zero-order valence-corrected chi connectivity index (χ0v) is 9.04. The standard InChI is InChI=1S/C13H10N4/c14-13-15-8-7-12(17-13)11-6-5-9-3-1-2-4-10(9)16-11/h1-8H,(H2,14,15,17). The van der Waals surface area contributed by atoms with Gasteiger partial charge < -0.3 is 5.73 Å². The third kappa shape index (κ3) is 1.80. The molecule has 2 heterocycles. The highest BCUT2D eigenvalue weighted by atomic mass is 15.0. The molecule has 3 rings (SSSR count). The van der Waals surface area contributed by atoms with Gasteiger partial charge in [0.2, 0.25) is 5.95 Å². The van der Waals surface area contributed by atoms with Gasteiger partial charge in [-0.2, -0.15) is 0 Å². The lowest BCUT2D eigenvalue weighted by Gasteiger charge is -2.02. The molecule has 0 amide bonds. The Bertz CT molecular complexity index is 679. The quantitative estimate of drug-likeness (QED) is 0.686. The summed E-state index contributed by atoms with van der Waals surface area (Å²) in [5, 5.41) is 1.11. The second-order valence-electron chi connectivity index (χ2n) is 3.69. The summed E-state index contributed by atoms with van der Waals surface area (Å²) in [6.07, 6.45) is 1.63. The summed E-state index contributed by atoms with van der Waals surface area (Å²) in [4.78, 5) is 12.6. The minimum absolute atomic E-state index is 0.262. The van der Waals surface area contributed by atoms with Crippen LogP contribution in [0.2, 0.25) is 0 Å². The highest BCUT2D eigenvalue weighted by Gasteiger charge is 2.03. The molecule has 0 radical (unpaired) electrons. The highest BCUT2D eigenvalue weighted by molar-refractivity contribution is 5.80. The van der Waals surface area contributed by atoms with Crippen LogP contribution < -0.4 is 5.73 Å². The Hall–Kier alpha value is -2.49. The van der Waals surface area contributed by atoms with Crippen molar-refractivity contribution in [3.05, 3.63) is 48.7 Å². The Kier molecular flexibility index (Phi) is 2.19. The van der Waals surface area contributed by atoms with Gasteiger partial charge in [0.25, 0.3) is 0 Å². The summed E-state index contributed by atoms with van der Waals surface area (Å²) in [7, 11) is 0. The first-order chi connectivity index (χ1) is 8.33. The maximum Gasteiger partial charge on any atom is 0.220 e. The van der Waals surface area contributed by atoms with Gasteiger partial charge in [0.05, 0.1) is 16.9 Å². The lowest BCUT2D eigenvalue weighted by molar-refractivity contribution is 1.17. The number of fused-ring (bicyclic) bond motifs is 1. The van der Waals surface area contributed by atoms with Crippen molar-refractivity contribution >= 4 is 16.9 Å². The van der Waals surface area contributed by atoms with Crippen molar-refractivity contribution in [2.45, 2.75) is 0 Å². The molecule has 0 aliphatic carbocycles. The van der Waals surface area contributed by atoms with Crippen molar-refractivity contribution < 1.29 is 0 Å². The van der Waals surface area contributed by atoms with Gasteiger partial charge in [-0.05, 0) is 18.2 Å². The Morgan fingerprint density at radius 1 is 0.824 bits per heavy atom. The predicted octanol–water partition coefficient (Wildman–Crippen LogP) is 2.27. The summed E-state index contributed by atoms with van der Waals surface area (Å²) < 4.78 is 0. The van der Waals surface area contributed by atoms with Gasteiger partial charge in [0.15, 0.2) is 0 Å². The number of benzene rings is 1. The third-order valence-electron chi connectivity index (χ3n) is 2.54. The van der Waals surface area contributed by atoms with Crippen LogP contribution in [-0.2, 0) is 0 Å². The second kappa shape index (κ2) is 3.83. The largest absolute Gasteiger partial charge is 0.368 e. The van der Waals surface area contributed by atoms with E-state index in [-0.39, 0.29) is 5.95 Å². The smallest absolute Gasteiger partial charge is 0.220 e. The Morgan fingerprint density at radius 3 is 2.53 bits per heavy atom. The average molecular weight is 222 g/mol. The van der Waals surface area contributed by atoms with Crippen molar-refractivity contribution in [3.8, 4) is 11.4 Å². The lowest BCUT2D eigenvalue weighted by Crippen LogP contribution is -1.96. The van der Waals surface area contributed by atoms with Gasteiger partial charge in [0.1, 0.15) is 0 Å². The van der Waals surface area contributed by atoms with Gasteiger partial charge >= 0.3 is 0 Å². The number of aromatic nitrogens is 3. The molecular weight excluding hydrogens is 212 g/mol. The number of hydrogen-bond acceptors (Lipinski definition) is 4. The Morgan fingerprint density at radius 2 is 1.65 bits per heavy atom. The maximum absolute atomic E-state index is 5.56. The first kappa shape index (κ1) is 9.72. The summed E-state index contributed by atoms with van der Waals surface area (Å²) in [5.41, 5.74) is 8.05. The molecule has 3 aromatic rings. The first-order valence-electron chi connectivity index (χ1n) is 5.27. The van der Waals surface area contributed by atoms with Crippen LogP contribution in [0.5, 0.6) is 0 Å². The fourth-order valence-corrected chi connectivity index (χ4v) is 1.73. The first-order valence-corrected chi connectivity index (χ1v) is 5.27.